The maximum atomic E-state index is 13.2. The number of aromatic nitrogens is 1. The number of hydrogen-bond acceptors (Lipinski definition) is 4. The van der Waals surface area contributed by atoms with Crippen LogP contribution in [-0.2, 0) is 22.7 Å². The van der Waals surface area contributed by atoms with E-state index in [0.717, 1.165) is 18.8 Å². The van der Waals surface area contributed by atoms with E-state index in [2.05, 4.69) is 46.3 Å². The third kappa shape index (κ3) is 3.55. The predicted octanol–water partition coefficient (Wildman–Crippen LogP) is 2.29. The quantitative estimate of drug-likeness (QED) is 0.674. The highest BCUT2D eigenvalue weighted by molar-refractivity contribution is 5.95. The highest BCUT2D eigenvalue weighted by Gasteiger charge is 2.42. The standard InChI is InChI=1S/C24H24N4O2/c29-23-17-27(15-20-9-3-4-11-25-20)24(30)22-16-26(12-13-28(22)23)14-19-8-5-7-18-6-1-2-10-21(18)19/h1-11,22H,12-17H2. The molecule has 2 saturated heterocycles. The van der Waals surface area contributed by atoms with E-state index >= 15 is 0 Å². The maximum absolute atomic E-state index is 13.2. The fourth-order valence-electron chi connectivity index (χ4n) is 4.53. The van der Waals surface area contributed by atoms with Gasteiger partial charge in [-0.15, -0.1) is 0 Å². The lowest BCUT2D eigenvalue weighted by molar-refractivity contribution is -0.160. The van der Waals surface area contributed by atoms with E-state index in [1.807, 2.05) is 24.3 Å². The van der Waals surface area contributed by atoms with Crippen LogP contribution in [0.5, 0.6) is 0 Å². The Labute approximate surface area is 175 Å². The van der Waals surface area contributed by atoms with Gasteiger partial charge in [0.2, 0.25) is 11.8 Å². The third-order valence-corrected chi connectivity index (χ3v) is 6.06. The number of carbonyl (C=O) groups is 2. The molecule has 2 aliphatic rings. The molecule has 152 valence electrons. The number of pyridine rings is 1. The molecule has 3 aromatic rings. The topological polar surface area (TPSA) is 56.8 Å². The van der Waals surface area contributed by atoms with E-state index in [9.17, 15) is 9.59 Å². The lowest BCUT2D eigenvalue weighted by Crippen LogP contribution is -2.66. The van der Waals surface area contributed by atoms with Crippen LogP contribution in [0, 0.1) is 0 Å². The second-order valence-electron chi connectivity index (χ2n) is 7.99. The summed E-state index contributed by atoms with van der Waals surface area (Å²) < 4.78 is 0. The largest absolute Gasteiger partial charge is 0.327 e. The van der Waals surface area contributed by atoms with E-state index in [1.54, 1.807) is 16.0 Å². The number of fused-ring (bicyclic) bond motifs is 2. The van der Waals surface area contributed by atoms with Crippen molar-refractivity contribution in [2.24, 2.45) is 0 Å². The van der Waals surface area contributed by atoms with Gasteiger partial charge >= 0.3 is 0 Å². The van der Waals surface area contributed by atoms with Gasteiger partial charge in [-0.05, 0) is 28.5 Å². The normalized spacial score (nSPS) is 19.9. The molecule has 0 spiro atoms. The number of piperazine rings is 2. The predicted molar refractivity (Wildman–Crippen MR) is 114 cm³/mol. The monoisotopic (exact) mass is 400 g/mol. The molecule has 3 heterocycles. The van der Waals surface area contributed by atoms with Crippen LogP contribution in [0.4, 0.5) is 0 Å². The number of benzene rings is 2. The Morgan fingerprint density at radius 2 is 1.73 bits per heavy atom. The van der Waals surface area contributed by atoms with Gasteiger partial charge in [0, 0.05) is 32.4 Å². The van der Waals surface area contributed by atoms with Gasteiger partial charge in [0.15, 0.2) is 0 Å². The van der Waals surface area contributed by atoms with Crippen LogP contribution < -0.4 is 0 Å². The molecule has 30 heavy (non-hydrogen) atoms. The van der Waals surface area contributed by atoms with Gasteiger partial charge in [0.05, 0.1) is 12.2 Å². The lowest BCUT2D eigenvalue weighted by Gasteiger charge is -2.46. The molecule has 0 N–H and O–H groups in total. The minimum absolute atomic E-state index is 0.0165. The zero-order chi connectivity index (χ0) is 20.5. The summed E-state index contributed by atoms with van der Waals surface area (Å²) in [6, 6.07) is 19.9. The number of amides is 2. The van der Waals surface area contributed by atoms with Crippen molar-refractivity contribution in [3.05, 3.63) is 78.1 Å². The van der Waals surface area contributed by atoms with E-state index in [0.29, 0.717) is 19.6 Å². The Hall–Kier alpha value is -3.25. The summed E-state index contributed by atoms with van der Waals surface area (Å²) in [5.41, 5.74) is 2.05. The van der Waals surface area contributed by atoms with Gasteiger partial charge in [-0.25, -0.2) is 0 Å². The Morgan fingerprint density at radius 3 is 2.60 bits per heavy atom. The molecule has 1 aromatic heterocycles. The SMILES string of the molecule is O=C1C2CN(Cc3cccc4ccccc34)CCN2C(=O)CN1Cc1ccccn1. The van der Waals surface area contributed by atoms with Crippen LogP contribution in [0.3, 0.4) is 0 Å². The molecule has 2 fully saturated rings. The molecule has 2 aromatic carbocycles. The Balaban J connectivity index is 1.33. The Bertz CT molecular complexity index is 1080. The second kappa shape index (κ2) is 7.88. The molecule has 2 amide bonds. The first kappa shape index (κ1) is 18.8. The average molecular weight is 400 g/mol. The molecule has 6 heteroatoms. The molecule has 5 rings (SSSR count). The van der Waals surface area contributed by atoms with Crippen LogP contribution in [0.25, 0.3) is 10.8 Å². The van der Waals surface area contributed by atoms with Gasteiger partial charge < -0.3 is 9.80 Å². The summed E-state index contributed by atoms with van der Waals surface area (Å²) in [6.45, 7) is 3.21. The molecule has 0 saturated carbocycles. The van der Waals surface area contributed by atoms with Gasteiger partial charge in [-0.3, -0.25) is 19.5 Å². The maximum Gasteiger partial charge on any atom is 0.247 e. The highest BCUT2D eigenvalue weighted by Crippen LogP contribution is 2.24. The van der Waals surface area contributed by atoms with Crippen molar-refractivity contribution in [1.29, 1.82) is 0 Å². The highest BCUT2D eigenvalue weighted by atomic mass is 16.2. The van der Waals surface area contributed by atoms with Crippen LogP contribution in [0.15, 0.2) is 66.9 Å². The van der Waals surface area contributed by atoms with Crippen molar-refractivity contribution in [2.45, 2.75) is 19.1 Å². The summed E-state index contributed by atoms with van der Waals surface area (Å²) >= 11 is 0. The second-order valence-corrected chi connectivity index (χ2v) is 7.99. The number of carbonyl (C=O) groups excluding carboxylic acids is 2. The average Bonchev–Trinajstić information content (AvgIpc) is 2.78. The zero-order valence-electron chi connectivity index (χ0n) is 16.8. The molecule has 2 aliphatic heterocycles. The first-order chi connectivity index (χ1) is 14.7. The van der Waals surface area contributed by atoms with Crippen molar-refractivity contribution in [1.82, 2.24) is 19.7 Å². The Kier molecular flexibility index (Phi) is 4.93. The fourth-order valence-corrected chi connectivity index (χ4v) is 4.53. The van der Waals surface area contributed by atoms with Crippen LogP contribution in [0.1, 0.15) is 11.3 Å². The number of rotatable bonds is 4. The summed E-state index contributed by atoms with van der Waals surface area (Å²) in [5, 5.41) is 2.46. The van der Waals surface area contributed by atoms with Gasteiger partial charge in [-0.1, -0.05) is 48.5 Å². The Morgan fingerprint density at radius 1 is 0.900 bits per heavy atom. The minimum atomic E-state index is -0.418. The van der Waals surface area contributed by atoms with Crippen molar-refractivity contribution in [3.8, 4) is 0 Å². The number of nitrogens with zero attached hydrogens (tertiary/aromatic N) is 4. The fraction of sp³-hybridized carbons (Fsp3) is 0.292. The summed E-state index contributed by atoms with van der Waals surface area (Å²) in [6.07, 6.45) is 1.71. The van der Waals surface area contributed by atoms with Crippen LogP contribution in [0.2, 0.25) is 0 Å². The van der Waals surface area contributed by atoms with Gasteiger partial charge in [0.1, 0.15) is 12.6 Å². The van der Waals surface area contributed by atoms with Crippen molar-refractivity contribution in [2.75, 3.05) is 26.2 Å². The van der Waals surface area contributed by atoms with E-state index in [4.69, 9.17) is 0 Å². The first-order valence-corrected chi connectivity index (χ1v) is 10.4. The molecule has 0 aliphatic carbocycles. The van der Waals surface area contributed by atoms with Gasteiger partial charge in [-0.2, -0.15) is 0 Å². The van der Waals surface area contributed by atoms with Crippen LogP contribution >= 0.6 is 0 Å². The molecule has 0 radical (unpaired) electrons. The third-order valence-electron chi connectivity index (χ3n) is 6.06. The lowest BCUT2D eigenvalue weighted by atomic mass is 10.0. The van der Waals surface area contributed by atoms with Crippen LogP contribution in [-0.4, -0.2) is 63.7 Å². The molecule has 1 unspecified atom stereocenters. The number of hydrogen-bond donors (Lipinski definition) is 0. The molecule has 0 bridgehead atoms. The smallest absolute Gasteiger partial charge is 0.247 e. The van der Waals surface area contributed by atoms with Gasteiger partial charge in [0.25, 0.3) is 0 Å². The minimum Gasteiger partial charge on any atom is -0.327 e. The summed E-state index contributed by atoms with van der Waals surface area (Å²) in [7, 11) is 0. The van der Waals surface area contributed by atoms with Crippen molar-refractivity contribution in [3.63, 3.8) is 0 Å². The summed E-state index contributed by atoms with van der Waals surface area (Å²) in [4.78, 5) is 35.9. The van der Waals surface area contributed by atoms with E-state index < -0.39 is 6.04 Å². The van der Waals surface area contributed by atoms with Crippen molar-refractivity contribution >= 4 is 22.6 Å². The molecule has 6 nitrogen and oxygen atoms in total. The van der Waals surface area contributed by atoms with Crippen molar-refractivity contribution < 1.29 is 9.59 Å². The van der Waals surface area contributed by atoms with E-state index in [-0.39, 0.29) is 18.4 Å². The van der Waals surface area contributed by atoms with E-state index in [1.165, 1.54) is 16.3 Å². The zero-order valence-corrected chi connectivity index (χ0v) is 16.8. The molecule has 1 atom stereocenters. The molecular weight excluding hydrogens is 376 g/mol. The molecular formula is C24H24N4O2. The first-order valence-electron chi connectivity index (χ1n) is 10.4. The summed E-state index contributed by atoms with van der Waals surface area (Å²) in [5.74, 6) is 0.0446.